The molecule has 1 atom stereocenters. The molecule has 11 heavy (non-hydrogen) atoms. The molecule has 3 heteroatoms. The fourth-order valence-electron chi connectivity index (χ4n) is 1.24. The molecule has 0 amide bonds. The van der Waals surface area contributed by atoms with Gasteiger partial charge in [0.25, 0.3) is 0 Å². The first-order chi connectivity index (χ1) is 5.29. The Morgan fingerprint density at radius 1 is 1.55 bits per heavy atom. The monoisotopic (exact) mass is 231 g/mol. The predicted octanol–water partition coefficient (Wildman–Crippen LogP) is 2.92. The van der Waals surface area contributed by atoms with Gasteiger partial charge in [-0.2, -0.15) is 11.3 Å². The van der Waals surface area contributed by atoms with Gasteiger partial charge >= 0.3 is 0 Å². The highest BCUT2D eigenvalue weighted by Gasteiger charge is 2.30. The summed E-state index contributed by atoms with van der Waals surface area (Å²) >= 11 is 5.21. The van der Waals surface area contributed by atoms with Crippen LogP contribution in [0.1, 0.15) is 24.4 Å². The van der Waals surface area contributed by atoms with Crippen molar-refractivity contribution in [2.24, 2.45) is 11.7 Å². The summed E-state index contributed by atoms with van der Waals surface area (Å²) < 4.78 is 1.18. The highest BCUT2D eigenvalue weighted by atomic mass is 79.9. The van der Waals surface area contributed by atoms with Crippen molar-refractivity contribution < 1.29 is 0 Å². The second-order valence-electron chi connectivity index (χ2n) is 3.04. The molecule has 0 bridgehead atoms. The van der Waals surface area contributed by atoms with Crippen molar-refractivity contribution in [2.75, 3.05) is 0 Å². The molecule has 1 aliphatic rings. The van der Waals surface area contributed by atoms with Crippen molar-refractivity contribution in [2.45, 2.75) is 18.9 Å². The number of rotatable bonds is 2. The van der Waals surface area contributed by atoms with Gasteiger partial charge in [0, 0.05) is 15.9 Å². The van der Waals surface area contributed by atoms with Crippen molar-refractivity contribution in [3.8, 4) is 0 Å². The Hall–Kier alpha value is 0.140. The van der Waals surface area contributed by atoms with Crippen LogP contribution in [0.2, 0.25) is 0 Å². The molecule has 1 nitrogen and oxygen atoms in total. The molecule has 60 valence electrons. The highest BCUT2D eigenvalue weighted by molar-refractivity contribution is 9.10. The number of halogens is 1. The molecular formula is C8H10BrNS. The Labute approximate surface area is 78.7 Å². The van der Waals surface area contributed by atoms with E-state index in [1.807, 2.05) is 0 Å². The average molecular weight is 232 g/mol. The Morgan fingerprint density at radius 3 is 2.73 bits per heavy atom. The lowest BCUT2D eigenvalue weighted by Crippen LogP contribution is -2.11. The Bertz CT molecular complexity index is 254. The molecule has 1 aromatic heterocycles. The van der Waals surface area contributed by atoms with Crippen LogP contribution in [-0.4, -0.2) is 0 Å². The van der Waals surface area contributed by atoms with E-state index in [-0.39, 0.29) is 6.04 Å². The van der Waals surface area contributed by atoms with Crippen LogP contribution in [-0.2, 0) is 0 Å². The van der Waals surface area contributed by atoms with Gasteiger partial charge in [0.1, 0.15) is 0 Å². The van der Waals surface area contributed by atoms with Gasteiger partial charge in [-0.15, -0.1) is 0 Å². The summed E-state index contributed by atoms with van der Waals surface area (Å²) in [4.78, 5) is 0. The van der Waals surface area contributed by atoms with Crippen LogP contribution in [0.15, 0.2) is 15.2 Å². The summed E-state index contributed by atoms with van der Waals surface area (Å²) in [6.07, 6.45) is 2.62. The van der Waals surface area contributed by atoms with Crippen molar-refractivity contribution in [3.05, 3.63) is 20.8 Å². The van der Waals surface area contributed by atoms with E-state index in [0.717, 1.165) is 5.92 Å². The zero-order valence-corrected chi connectivity index (χ0v) is 8.49. The van der Waals surface area contributed by atoms with Crippen LogP contribution in [0, 0.1) is 5.92 Å². The van der Waals surface area contributed by atoms with E-state index in [2.05, 4.69) is 26.7 Å². The third kappa shape index (κ3) is 1.50. The van der Waals surface area contributed by atoms with Crippen LogP contribution in [0.25, 0.3) is 0 Å². The van der Waals surface area contributed by atoms with Crippen LogP contribution in [0.4, 0.5) is 0 Å². The second kappa shape index (κ2) is 2.88. The normalized spacial score (nSPS) is 20.2. The highest BCUT2D eigenvalue weighted by Crippen LogP contribution is 2.42. The van der Waals surface area contributed by atoms with Crippen LogP contribution in [0.5, 0.6) is 0 Å². The van der Waals surface area contributed by atoms with Crippen LogP contribution >= 0.6 is 27.3 Å². The van der Waals surface area contributed by atoms with Gasteiger partial charge in [0.15, 0.2) is 0 Å². The lowest BCUT2D eigenvalue weighted by Gasteiger charge is -2.07. The predicted molar refractivity (Wildman–Crippen MR) is 51.7 cm³/mol. The van der Waals surface area contributed by atoms with E-state index in [4.69, 9.17) is 5.73 Å². The molecule has 0 aromatic carbocycles. The molecule has 1 aliphatic carbocycles. The molecule has 2 N–H and O–H groups in total. The van der Waals surface area contributed by atoms with Crippen molar-refractivity contribution >= 4 is 27.3 Å². The van der Waals surface area contributed by atoms with E-state index in [9.17, 15) is 0 Å². The topological polar surface area (TPSA) is 26.0 Å². The lowest BCUT2D eigenvalue weighted by molar-refractivity contribution is 0.633. The first kappa shape index (κ1) is 7.77. The number of nitrogens with two attached hydrogens (primary N) is 1. The van der Waals surface area contributed by atoms with E-state index < -0.39 is 0 Å². The maximum absolute atomic E-state index is 6.02. The third-order valence-corrected chi connectivity index (χ3v) is 3.88. The fraction of sp³-hybridized carbons (Fsp3) is 0.500. The summed E-state index contributed by atoms with van der Waals surface area (Å²) in [5, 5.41) is 4.24. The molecule has 0 aliphatic heterocycles. The molecule has 1 aromatic rings. The van der Waals surface area contributed by atoms with Gasteiger partial charge < -0.3 is 5.73 Å². The smallest absolute Gasteiger partial charge is 0.0343 e. The van der Waals surface area contributed by atoms with Crippen LogP contribution < -0.4 is 5.73 Å². The maximum atomic E-state index is 6.02. The fourth-order valence-corrected chi connectivity index (χ4v) is 2.85. The van der Waals surface area contributed by atoms with Crippen molar-refractivity contribution in [1.82, 2.24) is 0 Å². The van der Waals surface area contributed by atoms with Gasteiger partial charge in [-0.1, -0.05) is 0 Å². The molecule has 0 radical (unpaired) electrons. The largest absolute Gasteiger partial charge is 0.324 e. The van der Waals surface area contributed by atoms with E-state index >= 15 is 0 Å². The van der Waals surface area contributed by atoms with Crippen molar-refractivity contribution in [3.63, 3.8) is 0 Å². The van der Waals surface area contributed by atoms with Gasteiger partial charge in [0.05, 0.1) is 0 Å². The molecule has 0 saturated heterocycles. The summed E-state index contributed by atoms with van der Waals surface area (Å²) in [5.41, 5.74) is 7.31. The number of thiophene rings is 1. The molecule has 1 fully saturated rings. The van der Waals surface area contributed by atoms with Gasteiger partial charge in [0.2, 0.25) is 0 Å². The minimum atomic E-state index is 0.274. The Kier molecular flexibility index (Phi) is 2.04. The quantitative estimate of drug-likeness (QED) is 0.833. The molecule has 1 saturated carbocycles. The van der Waals surface area contributed by atoms with E-state index in [0.29, 0.717) is 0 Å². The molecule has 0 unspecified atom stereocenters. The summed E-state index contributed by atoms with van der Waals surface area (Å²) in [6, 6.07) is 0.274. The third-order valence-electron chi connectivity index (χ3n) is 2.13. The molecule has 2 rings (SSSR count). The lowest BCUT2D eigenvalue weighted by atomic mass is 10.1. The minimum absolute atomic E-state index is 0.274. The summed E-state index contributed by atoms with van der Waals surface area (Å²) in [5.74, 6) is 0.751. The minimum Gasteiger partial charge on any atom is -0.324 e. The molecule has 0 spiro atoms. The summed E-state index contributed by atoms with van der Waals surface area (Å²) in [7, 11) is 0. The Balaban J connectivity index is 2.20. The zero-order chi connectivity index (χ0) is 7.84. The van der Waals surface area contributed by atoms with Gasteiger partial charge in [-0.25, -0.2) is 0 Å². The average Bonchev–Trinajstić information content (AvgIpc) is 2.74. The zero-order valence-electron chi connectivity index (χ0n) is 6.09. The summed E-state index contributed by atoms with van der Waals surface area (Å²) in [6.45, 7) is 0. The van der Waals surface area contributed by atoms with Gasteiger partial charge in [-0.3, -0.25) is 0 Å². The number of hydrogen-bond donors (Lipinski definition) is 1. The first-order valence-corrected chi connectivity index (χ1v) is 5.50. The van der Waals surface area contributed by atoms with E-state index in [1.165, 1.54) is 22.9 Å². The van der Waals surface area contributed by atoms with Gasteiger partial charge in [-0.05, 0) is 45.6 Å². The first-order valence-electron chi connectivity index (χ1n) is 3.76. The van der Waals surface area contributed by atoms with Crippen LogP contribution in [0.3, 0.4) is 0 Å². The second-order valence-corrected chi connectivity index (χ2v) is 4.64. The van der Waals surface area contributed by atoms with E-state index in [1.54, 1.807) is 11.3 Å². The SMILES string of the molecule is N[C@H](c1cscc1Br)C1CC1. The molecule has 1 heterocycles. The maximum Gasteiger partial charge on any atom is 0.0343 e. The number of hydrogen-bond acceptors (Lipinski definition) is 2. The molecular weight excluding hydrogens is 222 g/mol. The Morgan fingerprint density at radius 2 is 2.27 bits per heavy atom. The standard InChI is InChI=1S/C8H10BrNS/c9-7-4-11-3-6(7)8(10)5-1-2-5/h3-5,8H,1-2,10H2/t8-/m0/s1. The van der Waals surface area contributed by atoms with Crippen molar-refractivity contribution in [1.29, 1.82) is 0 Å².